The number of hydrogen-bond donors (Lipinski definition) is 0. The molecule has 0 aromatic carbocycles. The Labute approximate surface area is 183 Å². The predicted molar refractivity (Wildman–Crippen MR) is 128 cm³/mol. The van der Waals surface area contributed by atoms with Gasteiger partial charge in [0.05, 0.1) is 0 Å². The van der Waals surface area contributed by atoms with Crippen LogP contribution in [0.4, 0.5) is 8.78 Å². The average molecular weight is 421 g/mol. The number of rotatable bonds is 5. The molecule has 0 bridgehead atoms. The maximum Gasteiger partial charge on any atom is 0.266 e. The van der Waals surface area contributed by atoms with Gasteiger partial charge in [0, 0.05) is 19.6 Å². The molecule has 1 nitrogen and oxygen atoms in total. The lowest BCUT2D eigenvalue weighted by molar-refractivity contribution is 0.0436. The summed E-state index contributed by atoms with van der Waals surface area (Å²) in [4.78, 5) is 0. The van der Waals surface area contributed by atoms with E-state index in [1.165, 1.54) is 57.8 Å². The van der Waals surface area contributed by atoms with Crippen molar-refractivity contribution in [2.24, 2.45) is 11.8 Å². The first-order valence-electron chi connectivity index (χ1n) is 12.4. The van der Waals surface area contributed by atoms with Crippen LogP contribution >= 0.6 is 0 Å². The molecular formula is C26H54F2O. The molecule has 1 aliphatic carbocycles. The molecule has 2 fully saturated rings. The van der Waals surface area contributed by atoms with Gasteiger partial charge in [0.25, 0.3) is 5.92 Å². The zero-order valence-corrected chi connectivity index (χ0v) is 21.0. The number of hydrogen-bond acceptors (Lipinski definition) is 1. The van der Waals surface area contributed by atoms with Crippen LogP contribution in [0.25, 0.3) is 0 Å². The lowest BCUT2D eigenvalue weighted by Crippen LogP contribution is -2.12. The highest BCUT2D eigenvalue weighted by Gasteiger charge is 2.22. The van der Waals surface area contributed by atoms with E-state index in [4.69, 9.17) is 4.74 Å². The van der Waals surface area contributed by atoms with E-state index < -0.39 is 5.92 Å². The van der Waals surface area contributed by atoms with Crippen LogP contribution in [-0.2, 0) is 4.74 Å². The second-order valence-corrected chi connectivity index (χ2v) is 8.09. The summed E-state index contributed by atoms with van der Waals surface area (Å²) in [7, 11) is 0. The van der Waals surface area contributed by atoms with E-state index in [9.17, 15) is 8.78 Å². The normalized spacial score (nSPS) is 16.5. The van der Waals surface area contributed by atoms with E-state index >= 15 is 0 Å². The van der Waals surface area contributed by atoms with Crippen molar-refractivity contribution < 1.29 is 13.5 Å². The van der Waals surface area contributed by atoms with Crippen molar-refractivity contribution in [1.82, 2.24) is 0 Å². The molecule has 1 heterocycles. The molecule has 1 saturated heterocycles. The third kappa shape index (κ3) is 27.6. The summed E-state index contributed by atoms with van der Waals surface area (Å²) in [5, 5.41) is 0. The molecule has 0 spiro atoms. The third-order valence-electron chi connectivity index (χ3n) is 4.83. The standard InChI is InChI=1S/C9H18.C7H12F2.C5H10O.C3H8.C2H6/c1-8(2)9-6-4-3-5-7-9;1-3-5-6-7(8,9)4-2;1-2-4-6-5-3-1;1-3-2;1-2/h8-9H,3-7H2,1-2H3;4H,2-3,5-6H2,1H3;1-5H2;3H2,1-2H3;1-2H3. The van der Waals surface area contributed by atoms with Crippen LogP contribution in [0.15, 0.2) is 12.7 Å². The highest BCUT2D eigenvalue weighted by atomic mass is 19.3. The summed E-state index contributed by atoms with van der Waals surface area (Å²) >= 11 is 0. The van der Waals surface area contributed by atoms with Gasteiger partial charge in [-0.2, -0.15) is 0 Å². The average Bonchev–Trinajstić information content (AvgIpc) is 2.77. The van der Waals surface area contributed by atoms with Gasteiger partial charge in [-0.15, -0.1) is 0 Å². The molecule has 0 unspecified atom stereocenters. The van der Waals surface area contributed by atoms with Crippen LogP contribution in [0.3, 0.4) is 0 Å². The summed E-state index contributed by atoms with van der Waals surface area (Å²) in [6, 6.07) is 0. The number of allylic oxidation sites excluding steroid dienone is 1. The molecule has 0 N–H and O–H groups in total. The molecule has 0 atom stereocenters. The van der Waals surface area contributed by atoms with E-state index in [1.54, 1.807) is 0 Å². The zero-order chi connectivity index (χ0) is 23.0. The SMILES string of the molecule is C1CCOCC1.C=CC(F)(F)CCCC.CC.CC(C)C1CCCCC1.CCC. The van der Waals surface area contributed by atoms with Crippen molar-refractivity contribution in [3.63, 3.8) is 0 Å². The summed E-state index contributed by atoms with van der Waals surface area (Å²) in [5.74, 6) is -0.653. The molecule has 0 aromatic rings. The van der Waals surface area contributed by atoms with Crippen LogP contribution in [-0.4, -0.2) is 19.1 Å². The van der Waals surface area contributed by atoms with Crippen LogP contribution in [0.5, 0.6) is 0 Å². The fraction of sp³-hybridized carbons (Fsp3) is 0.923. The Morgan fingerprint density at radius 3 is 1.62 bits per heavy atom. The maximum atomic E-state index is 12.2. The summed E-state index contributed by atoms with van der Waals surface area (Å²) < 4.78 is 29.5. The minimum Gasteiger partial charge on any atom is -0.381 e. The van der Waals surface area contributed by atoms with E-state index in [1.807, 2.05) is 20.8 Å². The molecule has 178 valence electrons. The van der Waals surface area contributed by atoms with Crippen LogP contribution in [0, 0.1) is 11.8 Å². The number of alkyl halides is 2. The number of unbranched alkanes of at least 4 members (excludes halogenated alkanes) is 1. The Hall–Kier alpha value is -0.440. The van der Waals surface area contributed by atoms with Crippen molar-refractivity contribution in [1.29, 1.82) is 0 Å². The van der Waals surface area contributed by atoms with Gasteiger partial charge < -0.3 is 4.74 Å². The number of ether oxygens (including phenoxy) is 1. The maximum absolute atomic E-state index is 12.2. The second kappa shape index (κ2) is 25.6. The van der Waals surface area contributed by atoms with Gasteiger partial charge in [-0.1, -0.05) is 100.0 Å². The lowest BCUT2D eigenvalue weighted by Gasteiger charge is -2.24. The van der Waals surface area contributed by atoms with Crippen molar-refractivity contribution in [3.05, 3.63) is 12.7 Å². The zero-order valence-electron chi connectivity index (χ0n) is 21.0. The Morgan fingerprint density at radius 1 is 0.931 bits per heavy atom. The van der Waals surface area contributed by atoms with Gasteiger partial charge in [-0.3, -0.25) is 0 Å². The first kappa shape index (κ1) is 33.2. The summed E-state index contributed by atoms with van der Waals surface area (Å²) in [6.07, 6.45) is 14.7. The van der Waals surface area contributed by atoms with Gasteiger partial charge in [-0.05, 0) is 43.6 Å². The molecule has 0 amide bonds. The smallest absolute Gasteiger partial charge is 0.266 e. The Balaban J connectivity index is -0.000000318. The van der Waals surface area contributed by atoms with E-state index in [0.717, 1.165) is 31.5 Å². The van der Waals surface area contributed by atoms with Crippen molar-refractivity contribution >= 4 is 0 Å². The molecule has 2 aliphatic rings. The highest BCUT2D eigenvalue weighted by Crippen LogP contribution is 2.29. The van der Waals surface area contributed by atoms with Crippen molar-refractivity contribution in [3.8, 4) is 0 Å². The van der Waals surface area contributed by atoms with Crippen LogP contribution in [0.2, 0.25) is 0 Å². The van der Waals surface area contributed by atoms with E-state index in [2.05, 4.69) is 34.3 Å². The fourth-order valence-electron chi connectivity index (χ4n) is 3.00. The Bertz CT molecular complexity index is 282. The molecule has 0 aromatic heterocycles. The molecule has 1 saturated carbocycles. The topological polar surface area (TPSA) is 9.23 Å². The van der Waals surface area contributed by atoms with E-state index in [0.29, 0.717) is 12.5 Å². The second-order valence-electron chi connectivity index (χ2n) is 8.09. The minimum atomic E-state index is -2.64. The first-order valence-corrected chi connectivity index (χ1v) is 12.4. The first-order chi connectivity index (χ1) is 13.8. The molecular weight excluding hydrogens is 366 g/mol. The monoisotopic (exact) mass is 420 g/mol. The van der Waals surface area contributed by atoms with Crippen LogP contribution in [0.1, 0.15) is 126 Å². The van der Waals surface area contributed by atoms with Crippen molar-refractivity contribution in [2.45, 2.75) is 131 Å². The van der Waals surface area contributed by atoms with Gasteiger partial charge in [0.1, 0.15) is 0 Å². The molecule has 1 aliphatic heterocycles. The van der Waals surface area contributed by atoms with Crippen molar-refractivity contribution in [2.75, 3.05) is 13.2 Å². The third-order valence-corrected chi connectivity index (χ3v) is 4.83. The van der Waals surface area contributed by atoms with Gasteiger partial charge in [0.2, 0.25) is 0 Å². The largest absolute Gasteiger partial charge is 0.381 e. The predicted octanol–water partition coefficient (Wildman–Crippen LogP) is 9.85. The highest BCUT2D eigenvalue weighted by molar-refractivity contribution is 4.86. The Kier molecular flexibility index (Phi) is 29.3. The molecule has 2 rings (SSSR count). The molecule has 3 heteroatoms. The van der Waals surface area contributed by atoms with Gasteiger partial charge in [0.15, 0.2) is 0 Å². The van der Waals surface area contributed by atoms with Gasteiger partial charge >= 0.3 is 0 Å². The fourth-order valence-corrected chi connectivity index (χ4v) is 3.00. The van der Waals surface area contributed by atoms with E-state index in [-0.39, 0.29) is 6.42 Å². The summed E-state index contributed by atoms with van der Waals surface area (Å²) in [5.41, 5.74) is 0. The number of halogens is 2. The minimum absolute atomic E-state index is 0.0625. The lowest BCUT2D eigenvalue weighted by atomic mass is 9.82. The molecule has 29 heavy (non-hydrogen) atoms. The summed E-state index contributed by atoms with van der Waals surface area (Å²) in [6.45, 7) is 19.9. The van der Waals surface area contributed by atoms with Gasteiger partial charge in [-0.25, -0.2) is 8.78 Å². The van der Waals surface area contributed by atoms with Crippen LogP contribution < -0.4 is 0 Å². The quantitative estimate of drug-likeness (QED) is 0.402. The molecule has 0 radical (unpaired) electrons. The Morgan fingerprint density at radius 2 is 1.38 bits per heavy atom.